The molecule has 11 aliphatic rings. The van der Waals surface area contributed by atoms with Gasteiger partial charge in [-0.05, 0) is 209 Å². The van der Waals surface area contributed by atoms with Gasteiger partial charge in [0.15, 0.2) is 17.1 Å². The quantitative estimate of drug-likeness (QED) is 0.0532. The van der Waals surface area contributed by atoms with Crippen LogP contribution < -0.4 is 16.7 Å². The van der Waals surface area contributed by atoms with Crippen LogP contribution >= 0.6 is 0 Å². The number of carboxylic acid groups (broad SMARTS) is 3. The maximum atomic E-state index is 13.9. The van der Waals surface area contributed by atoms with Crippen molar-refractivity contribution in [2.45, 2.75) is 324 Å². The molecule has 11 fully saturated rings. The van der Waals surface area contributed by atoms with Crippen LogP contribution in [0.2, 0.25) is 0 Å². The maximum Gasteiger partial charge on any atom is 0.344 e. The number of nitrogens with zero attached hydrogens (tertiary/aromatic N) is 12. The molecule has 3 aromatic carbocycles. The molecule has 5 saturated carbocycles. The lowest BCUT2D eigenvalue weighted by Crippen LogP contribution is -2.58. The van der Waals surface area contributed by atoms with Gasteiger partial charge in [-0.15, -0.1) is 0 Å². The fourth-order valence-corrected chi connectivity index (χ4v) is 23.5. The summed E-state index contributed by atoms with van der Waals surface area (Å²) in [5.41, 5.74) is 5.92. The van der Waals surface area contributed by atoms with Crippen LogP contribution in [0.5, 0.6) is 0 Å². The number of fused-ring (bicyclic) bond motifs is 13. The van der Waals surface area contributed by atoms with Crippen molar-refractivity contribution in [3.8, 4) is 0 Å². The predicted molar refractivity (Wildman–Crippen MR) is 432 cm³/mol. The van der Waals surface area contributed by atoms with E-state index in [1.54, 1.807) is 20.8 Å². The van der Waals surface area contributed by atoms with Gasteiger partial charge in [0.25, 0.3) is 16.7 Å². The predicted octanol–water partition coefficient (Wildman–Crippen LogP) is 15.2. The Morgan fingerprint density at radius 2 is 0.580 bits per heavy atom. The number of benzene rings is 3. The van der Waals surface area contributed by atoms with Crippen molar-refractivity contribution in [1.82, 2.24) is 43.4 Å². The average Bonchev–Trinajstić information content (AvgIpc) is 1.18. The van der Waals surface area contributed by atoms with Crippen LogP contribution in [0.4, 0.5) is 0 Å². The van der Waals surface area contributed by atoms with Gasteiger partial charge in [0, 0.05) is 72.5 Å². The lowest BCUT2D eigenvalue weighted by molar-refractivity contribution is -0.143. The van der Waals surface area contributed by atoms with E-state index in [2.05, 4.69) is 45.1 Å². The summed E-state index contributed by atoms with van der Waals surface area (Å²) in [5.74, 6) is 0.303. The number of rotatable bonds is 18. The summed E-state index contributed by atoms with van der Waals surface area (Å²) in [6, 6.07) is 29.0. The van der Waals surface area contributed by atoms with Crippen LogP contribution in [0, 0.1) is 23.7 Å². The van der Waals surface area contributed by atoms with Crippen molar-refractivity contribution in [3.63, 3.8) is 0 Å². The van der Waals surface area contributed by atoms with Gasteiger partial charge in [0.05, 0.1) is 33.1 Å². The third-order valence-corrected chi connectivity index (χ3v) is 27.7. The molecular weight excluding hydrogens is 1420 g/mol. The van der Waals surface area contributed by atoms with Crippen LogP contribution in [0.15, 0.2) is 103 Å². The van der Waals surface area contributed by atoms with Gasteiger partial charge in [0.2, 0.25) is 19.8 Å². The molecule has 10 bridgehead atoms. The second kappa shape index (κ2) is 36.1. The minimum Gasteiger partial charge on any atom is -0.479 e. The largest absolute Gasteiger partial charge is 0.479 e. The lowest BCUT2D eigenvalue weighted by Gasteiger charge is -2.55. The highest BCUT2D eigenvalue weighted by Crippen LogP contribution is 2.51. The monoisotopic (exact) mass is 1530 g/mol. The van der Waals surface area contributed by atoms with Crippen LogP contribution in [0.1, 0.15) is 287 Å². The van der Waals surface area contributed by atoms with E-state index in [-0.39, 0.29) is 51.9 Å². The summed E-state index contributed by atoms with van der Waals surface area (Å²) in [6.45, 7) is 3.30. The minimum atomic E-state index is -1.11. The molecule has 0 radical (unpaired) electrons. The highest BCUT2D eigenvalue weighted by atomic mass is 16.6. The molecule has 3 N–H and O–H groups in total. The van der Waals surface area contributed by atoms with E-state index in [1.807, 2.05) is 86.5 Å². The number of carboxylic acids is 3. The molecule has 5 aliphatic carbocycles. The van der Waals surface area contributed by atoms with Crippen molar-refractivity contribution in [2.24, 2.45) is 39.1 Å². The number of aromatic nitrogens is 6. The Hall–Kier alpha value is -8.22. The standard InChI is InChI=1S/C30H42N4O4.2C29H38N4O4/c1-21(32-38-20-28(35)36)29-30(37)34(27-17-10-9-16-26(27)31-29)25-18-23-14-11-15-24(19-25)33(23)22-12-7-5-3-2-4-6-8-13-22;1-18(31-37-17-27(34)35)28-29(36)33(26-11-3-2-10-25(26)30-28)24-15-21-8-5-9-22(16-24)32(21)23-13-19-6-4-7-20(12-19)14-23;1-18(31-37-17-27(34)35)28-29(36)33(26-9-5-4-8-25(26)30-28)24-15-21-10-11-22(16-24)32(21)23-13-19-6-2-3-7-20(12-19)14-23/h9-10,16-17,22-25H,2-8,11-15,18-20H2,1H3,(H,35,36);2-3,10-11,19-24H,4-9,12-17H2,1H3,(H,34,35);4-5,8-9,19-24H,2-3,6-7,10-17H2,1H3,(H,34,35)/b32-21+;2*31-18+/t23-,24+,25?;2*19?,20?,21-,22+,23?,24?. The van der Waals surface area contributed by atoms with E-state index in [0.29, 0.717) is 71.5 Å². The summed E-state index contributed by atoms with van der Waals surface area (Å²) in [7, 11) is 0. The van der Waals surface area contributed by atoms with Crippen LogP contribution in [-0.2, 0) is 28.9 Å². The first kappa shape index (κ1) is 79.0. The second-order valence-corrected chi connectivity index (χ2v) is 35.1. The Morgan fingerprint density at radius 3 is 0.902 bits per heavy atom. The molecular formula is C88H118N12O12. The van der Waals surface area contributed by atoms with Gasteiger partial charge in [-0.25, -0.2) is 29.3 Å². The normalized spacial score (nSPS) is 30.2. The van der Waals surface area contributed by atoms with E-state index in [0.717, 1.165) is 95.3 Å². The zero-order valence-corrected chi connectivity index (χ0v) is 66.1. The molecule has 602 valence electrons. The van der Waals surface area contributed by atoms with E-state index >= 15 is 0 Å². The number of oxime groups is 3. The minimum absolute atomic E-state index is 0.105. The molecule has 3 aromatic heterocycles. The van der Waals surface area contributed by atoms with Crippen LogP contribution in [0.3, 0.4) is 0 Å². The number of carbonyl (C=O) groups is 3. The fourth-order valence-electron chi connectivity index (χ4n) is 23.5. The number of aliphatic carboxylic acids is 3. The number of piperidine rings is 5. The number of para-hydroxylation sites is 6. The van der Waals surface area contributed by atoms with Crippen molar-refractivity contribution in [2.75, 3.05) is 19.8 Å². The zero-order valence-electron chi connectivity index (χ0n) is 66.1. The fraction of sp³-hybridized carbons (Fsp3) is 0.659. The van der Waals surface area contributed by atoms with Gasteiger partial charge in [-0.2, -0.15) is 0 Å². The first-order chi connectivity index (χ1) is 54.5. The van der Waals surface area contributed by atoms with Gasteiger partial charge in [-0.1, -0.05) is 155 Å². The third-order valence-electron chi connectivity index (χ3n) is 27.7. The summed E-state index contributed by atoms with van der Waals surface area (Å²) >= 11 is 0. The number of hydrogen-bond donors (Lipinski definition) is 3. The smallest absolute Gasteiger partial charge is 0.344 e. The summed E-state index contributed by atoms with van der Waals surface area (Å²) < 4.78 is 5.88. The Bertz CT molecular complexity index is 4550. The van der Waals surface area contributed by atoms with E-state index in [9.17, 15) is 28.8 Å². The summed E-state index contributed by atoms with van der Waals surface area (Å²) in [5, 5.41) is 38.3. The molecule has 9 heterocycles. The van der Waals surface area contributed by atoms with Gasteiger partial charge < -0.3 is 43.5 Å². The van der Waals surface area contributed by atoms with Gasteiger partial charge in [-0.3, -0.25) is 29.1 Å². The Balaban J connectivity index is 0.000000133. The van der Waals surface area contributed by atoms with Crippen molar-refractivity contribution < 1.29 is 44.2 Å². The summed E-state index contributed by atoms with van der Waals surface area (Å²) in [6.07, 6.45) is 46.2. The van der Waals surface area contributed by atoms with Gasteiger partial charge >= 0.3 is 17.9 Å². The molecule has 7 unspecified atom stereocenters. The highest BCUT2D eigenvalue weighted by Gasteiger charge is 2.49. The van der Waals surface area contributed by atoms with E-state index in [1.165, 1.54) is 193 Å². The van der Waals surface area contributed by atoms with Gasteiger partial charge in [0.1, 0.15) is 17.1 Å². The molecule has 6 aliphatic heterocycles. The molecule has 13 atom stereocenters. The molecule has 0 spiro atoms. The second-order valence-electron chi connectivity index (χ2n) is 35.1. The van der Waals surface area contributed by atoms with Crippen molar-refractivity contribution >= 4 is 68.1 Å². The van der Waals surface area contributed by atoms with E-state index < -0.39 is 37.7 Å². The topological polar surface area (TPSA) is 291 Å². The first-order valence-electron chi connectivity index (χ1n) is 43.0. The average molecular weight is 1540 g/mol. The van der Waals surface area contributed by atoms with Crippen LogP contribution in [-0.4, -0.2) is 168 Å². The SMILES string of the molecule is C/C(=N\OCC(=O)O)c1nc2ccccc2n(C2C[C@H]3CCC[C@@H](C2)N3C2CC3CCCC(C3)C2)c1=O.C/C(=N\OCC(=O)O)c1nc2ccccc2n(C2C[C@H]3CCC[C@@H](C2)N3C2CCCCCCCCC2)c1=O.C/C(=N\OCC(=O)O)c1nc2ccccc2n(C2C[C@H]3CC[C@@H](C2)N3C2CC3CCCCC(C3)C2)c1=O. The van der Waals surface area contributed by atoms with E-state index in [4.69, 9.17) is 29.8 Å². The Kier molecular flexibility index (Phi) is 25.5. The molecule has 112 heavy (non-hydrogen) atoms. The summed E-state index contributed by atoms with van der Waals surface area (Å²) in [4.78, 5) is 111. The Morgan fingerprint density at radius 1 is 0.321 bits per heavy atom. The highest BCUT2D eigenvalue weighted by molar-refractivity contribution is 5.99. The number of hydrogen-bond acceptors (Lipinski definition) is 18. The first-order valence-corrected chi connectivity index (χ1v) is 43.0. The maximum absolute atomic E-state index is 13.9. The third kappa shape index (κ3) is 17.8. The zero-order chi connectivity index (χ0) is 77.5. The molecule has 17 rings (SSSR count). The van der Waals surface area contributed by atoms with Crippen molar-refractivity contribution in [3.05, 3.63) is 121 Å². The molecule has 0 amide bonds. The molecule has 24 heteroatoms. The molecule has 24 nitrogen and oxygen atoms in total. The van der Waals surface area contributed by atoms with Crippen LogP contribution in [0.25, 0.3) is 33.1 Å². The molecule has 6 saturated heterocycles. The van der Waals surface area contributed by atoms with Crippen molar-refractivity contribution in [1.29, 1.82) is 0 Å². The Labute approximate surface area is 656 Å². The lowest BCUT2D eigenvalue weighted by atomic mass is 9.68. The molecule has 6 aromatic rings.